The zero-order valence-corrected chi connectivity index (χ0v) is 12.3. The number of rotatable bonds is 7. The molecule has 0 bridgehead atoms. The van der Waals surface area contributed by atoms with Crippen molar-refractivity contribution in [2.75, 3.05) is 7.11 Å². The molecule has 2 rings (SSSR count). The zero-order valence-electron chi connectivity index (χ0n) is 12.3. The Hall–Kier alpha value is -2.62. The summed E-state index contributed by atoms with van der Waals surface area (Å²) in [6.45, 7) is 3.99. The molecule has 0 amide bonds. The van der Waals surface area contributed by atoms with E-state index < -0.39 is 0 Å². The largest absolute Gasteiger partial charge is 0.493 e. The average molecular weight is 300 g/mol. The predicted octanol–water partition coefficient (Wildman–Crippen LogP) is 3.95. The van der Waals surface area contributed by atoms with Gasteiger partial charge in [0.1, 0.15) is 18.7 Å². The molecule has 0 aliphatic carbocycles. The van der Waals surface area contributed by atoms with Gasteiger partial charge in [0.15, 0.2) is 11.5 Å². The van der Waals surface area contributed by atoms with Crippen LogP contribution in [0.5, 0.6) is 11.5 Å². The SMILES string of the molecule is C=CCc1cc(C=O)cc(OC)c1OCc1ccc(F)cc1. The quantitative estimate of drug-likeness (QED) is 0.573. The Morgan fingerprint density at radius 1 is 1.23 bits per heavy atom. The Labute approximate surface area is 129 Å². The molecule has 3 nitrogen and oxygen atoms in total. The number of benzene rings is 2. The summed E-state index contributed by atoms with van der Waals surface area (Å²) in [5.41, 5.74) is 2.17. The third-order valence-corrected chi connectivity index (χ3v) is 3.17. The molecule has 0 unspecified atom stereocenters. The van der Waals surface area contributed by atoms with Crippen molar-refractivity contribution >= 4 is 6.29 Å². The van der Waals surface area contributed by atoms with Crippen molar-refractivity contribution in [3.63, 3.8) is 0 Å². The van der Waals surface area contributed by atoms with Gasteiger partial charge in [0.25, 0.3) is 0 Å². The lowest BCUT2D eigenvalue weighted by molar-refractivity contribution is 0.112. The van der Waals surface area contributed by atoms with Gasteiger partial charge in [-0.05, 0) is 36.2 Å². The topological polar surface area (TPSA) is 35.5 Å². The van der Waals surface area contributed by atoms with Crippen LogP contribution in [0.25, 0.3) is 0 Å². The maximum absolute atomic E-state index is 12.9. The smallest absolute Gasteiger partial charge is 0.165 e. The number of hydrogen-bond acceptors (Lipinski definition) is 3. The highest BCUT2D eigenvalue weighted by atomic mass is 19.1. The fourth-order valence-corrected chi connectivity index (χ4v) is 2.11. The van der Waals surface area contributed by atoms with Crippen molar-refractivity contribution in [3.05, 3.63) is 71.6 Å². The second-order valence-electron chi connectivity index (χ2n) is 4.74. The molecule has 0 aliphatic rings. The first-order valence-electron chi connectivity index (χ1n) is 6.82. The van der Waals surface area contributed by atoms with Crippen LogP contribution in [0.1, 0.15) is 21.5 Å². The predicted molar refractivity (Wildman–Crippen MR) is 83.0 cm³/mol. The van der Waals surface area contributed by atoms with Gasteiger partial charge in [-0.2, -0.15) is 0 Å². The van der Waals surface area contributed by atoms with E-state index >= 15 is 0 Å². The number of aldehydes is 1. The minimum absolute atomic E-state index is 0.279. The molecule has 0 radical (unpaired) electrons. The second kappa shape index (κ2) is 7.41. The van der Waals surface area contributed by atoms with Gasteiger partial charge in [0, 0.05) is 11.1 Å². The fourth-order valence-electron chi connectivity index (χ4n) is 2.11. The van der Waals surface area contributed by atoms with Crippen LogP contribution in [-0.4, -0.2) is 13.4 Å². The van der Waals surface area contributed by atoms with E-state index in [1.807, 2.05) is 0 Å². The van der Waals surface area contributed by atoms with Crippen molar-refractivity contribution < 1.29 is 18.7 Å². The van der Waals surface area contributed by atoms with Crippen molar-refractivity contribution in [1.82, 2.24) is 0 Å². The summed E-state index contributed by atoms with van der Waals surface area (Å²) in [6.07, 6.45) is 3.05. The summed E-state index contributed by atoms with van der Waals surface area (Å²) in [6, 6.07) is 9.46. The molecule has 4 heteroatoms. The fraction of sp³-hybridized carbons (Fsp3) is 0.167. The Bertz CT molecular complexity index is 663. The summed E-state index contributed by atoms with van der Waals surface area (Å²) in [5, 5.41) is 0. The highest BCUT2D eigenvalue weighted by molar-refractivity contribution is 5.77. The lowest BCUT2D eigenvalue weighted by atomic mass is 10.1. The second-order valence-corrected chi connectivity index (χ2v) is 4.74. The molecule has 2 aromatic carbocycles. The highest BCUT2D eigenvalue weighted by Gasteiger charge is 2.13. The van der Waals surface area contributed by atoms with E-state index in [0.29, 0.717) is 23.5 Å². The van der Waals surface area contributed by atoms with Crippen molar-refractivity contribution in [2.45, 2.75) is 13.0 Å². The molecule has 0 fully saturated rings. The van der Waals surface area contributed by atoms with Crippen LogP contribution < -0.4 is 9.47 Å². The minimum Gasteiger partial charge on any atom is -0.493 e. The number of hydrogen-bond donors (Lipinski definition) is 0. The summed E-state index contributed by atoms with van der Waals surface area (Å²) in [5.74, 6) is 0.768. The summed E-state index contributed by atoms with van der Waals surface area (Å²) in [7, 11) is 1.52. The third-order valence-electron chi connectivity index (χ3n) is 3.17. The number of halogens is 1. The van der Waals surface area contributed by atoms with Gasteiger partial charge in [-0.1, -0.05) is 18.2 Å². The maximum atomic E-state index is 12.9. The van der Waals surface area contributed by atoms with E-state index in [1.165, 1.54) is 19.2 Å². The van der Waals surface area contributed by atoms with E-state index in [9.17, 15) is 9.18 Å². The normalized spacial score (nSPS) is 10.1. The van der Waals surface area contributed by atoms with Crippen molar-refractivity contribution in [2.24, 2.45) is 0 Å². The van der Waals surface area contributed by atoms with Crippen LogP contribution in [-0.2, 0) is 13.0 Å². The number of ether oxygens (including phenoxy) is 2. The van der Waals surface area contributed by atoms with E-state index in [2.05, 4.69) is 6.58 Å². The average Bonchev–Trinajstić information content (AvgIpc) is 2.54. The van der Waals surface area contributed by atoms with Crippen LogP contribution >= 0.6 is 0 Å². The van der Waals surface area contributed by atoms with Crippen LogP contribution in [0.15, 0.2) is 49.1 Å². The molecule has 0 N–H and O–H groups in total. The number of methoxy groups -OCH3 is 1. The molecule has 22 heavy (non-hydrogen) atoms. The number of carbonyl (C=O) groups excluding carboxylic acids is 1. The molecule has 114 valence electrons. The molecule has 0 aromatic heterocycles. The van der Waals surface area contributed by atoms with Gasteiger partial charge in [-0.3, -0.25) is 4.79 Å². The van der Waals surface area contributed by atoms with Gasteiger partial charge in [-0.25, -0.2) is 4.39 Å². The summed E-state index contributed by atoms with van der Waals surface area (Å²) < 4.78 is 24.0. The lowest BCUT2D eigenvalue weighted by Crippen LogP contribution is -2.02. The first-order valence-corrected chi connectivity index (χ1v) is 6.82. The molecule has 0 spiro atoms. The molecular weight excluding hydrogens is 283 g/mol. The van der Waals surface area contributed by atoms with Crippen LogP contribution in [0.2, 0.25) is 0 Å². The van der Waals surface area contributed by atoms with E-state index in [4.69, 9.17) is 9.47 Å². The third kappa shape index (κ3) is 3.73. The van der Waals surface area contributed by atoms with Crippen molar-refractivity contribution in [3.8, 4) is 11.5 Å². The molecule has 0 aliphatic heterocycles. The lowest BCUT2D eigenvalue weighted by Gasteiger charge is -2.15. The minimum atomic E-state index is -0.288. The Balaban J connectivity index is 2.29. The Kier molecular flexibility index (Phi) is 5.31. The standard InChI is InChI=1S/C18H17FO3/c1-3-4-15-9-14(11-20)10-17(21-2)18(15)22-12-13-5-7-16(19)8-6-13/h3,5-11H,1,4,12H2,2H3. The van der Waals surface area contributed by atoms with Gasteiger partial charge in [-0.15, -0.1) is 6.58 Å². The first kappa shape index (κ1) is 15.8. The molecular formula is C18H17FO3. The zero-order chi connectivity index (χ0) is 15.9. The molecule has 0 saturated heterocycles. The van der Waals surface area contributed by atoms with Crippen molar-refractivity contribution in [1.29, 1.82) is 0 Å². The number of allylic oxidation sites excluding steroid dienone is 1. The highest BCUT2D eigenvalue weighted by Crippen LogP contribution is 2.33. The van der Waals surface area contributed by atoms with Crippen LogP contribution in [0, 0.1) is 5.82 Å². The summed E-state index contributed by atoms with van der Waals surface area (Å²) >= 11 is 0. The molecule has 0 saturated carbocycles. The number of carbonyl (C=O) groups is 1. The van der Waals surface area contributed by atoms with Crippen LogP contribution in [0.3, 0.4) is 0 Å². The maximum Gasteiger partial charge on any atom is 0.165 e. The van der Waals surface area contributed by atoms with Gasteiger partial charge in [0.05, 0.1) is 7.11 Å². The molecule has 0 atom stereocenters. The summed E-state index contributed by atoms with van der Waals surface area (Å²) in [4.78, 5) is 11.0. The van der Waals surface area contributed by atoms with E-state index in [-0.39, 0.29) is 12.4 Å². The molecule has 0 heterocycles. The van der Waals surface area contributed by atoms with Gasteiger partial charge in [0.2, 0.25) is 0 Å². The monoisotopic (exact) mass is 300 g/mol. The van der Waals surface area contributed by atoms with E-state index in [1.54, 1.807) is 30.3 Å². The van der Waals surface area contributed by atoms with Gasteiger partial charge < -0.3 is 9.47 Å². The van der Waals surface area contributed by atoms with E-state index in [0.717, 1.165) is 17.4 Å². The first-order chi connectivity index (χ1) is 10.7. The van der Waals surface area contributed by atoms with Gasteiger partial charge >= 0.3 is 0 Å². The Morgan fingerprint density at radius 3 is 2.55 bits per heavy atom. The Morgan fingerprint density at radius 2 is 1.95 bits per heavy atom. The molecule has 2 aromatic rings. The van der Waals surface area contributed by atoms with Crippen LogP contribution in [0.4, 0.5) is 4.39 Å².